The largest absolute Gasteiger partial charge is 0.465 e. The topological polar surface area (TPSA) is 76.2 Å². The molecule has 1 aliphatic heterocycles. The predicted molar refractivity (Wildman–Crippen MR) is 148 cm³/mol. The number of hydrogen-bond donors (Lipinski definition) is 0. The van der Waals surface area contributed by atoms with Gasteiger partial charge in [-0.2, -0.15) is 0 Å². The van der Waals surface area contributed by atoms with Crippen LogP contribution in [0, 0.1) is 6.92 Å². The third-order valence-corrected chi connectivity index (χ3v) is 9.30. The molecule has 2 aromatic carbocycles. The zero-order valence-electron chi connectivity index (χ0n) is 21.4. The molecule has 1 aromatic heterocycles. The second-order valence-electron chi connectivity index (χ2n) is 8.92. The SMILES string of the molecule is CCN(CCN(CC)c1cc(Cl)c2c(c1)CS(=O)(=O)c1cc(C(=O)OC)cc(C)c1O2)Cc1cccs1. The molecule has 4 rings (SSSR count). The van der Waals surface area contributed by atoms with Crippen LogP contribution in [0.2, 0.25) is 5.02 Å². The van der Waals surface area contributed by atoms with Gasteiger partial charge in [-0.15, -0.1) is 11.3 Å². The van der Waals surface area contributed by atoms with E-state index in [1.165, 1.54) is 18.1 Å². The molecule has 0 fully saturated rings. The first-order valence-electron chi connectivity index (χ1n) is 12.1. The van der Waals surface area contributed by atoms with Crippen LogP contribution in [0.15, 0.2) is 46.7 Å². The molecule has 3 aromatic rings. The number of halogens is 1. The minimum absolute atomic E-state index is 0.0405. The summed E-state index contributed by atoms with van der Waals surface area (Å²) in [6, 6.07) is 10.8. The fraction of sp³-hybridized carbons (Fsp3) is 0.370. The van der Waals surface area contributed by atoms with Gasteiger partial charge in [-0.1, -0.05) is 24.6 Å². The van der Waals surface area contributed by atoms with Crippen LogP contribution >= 0.6 is 22.9 Å². The van der Waals surface area contributed by atoms with Crippen LogP contribution in [-0.4, -0.2) is 52.6 Å². The van der Waals surface area contributed by atoms with Crippen LogP contribution < -0.4 is 9.64 Å². The maximum absolute atomic E-state index is 13.4. The normalized spacial score (nSPS) is 13.9. The number of likely N-dealkylation sites (N-methyl/N-ethyl adjacent to an activating group) is 2. The van der Waals surface area contributed by atoms with E-state index >= 15 is 0 Å². The van der Waals surface area contributed by atoms with Crippen molar-refractivity contribution in [3.8, 4) is 11.5 Å². The fourth-order valence-corrected chi connectivity index (χ4v) is 7.05. The Bertz CT molecular complexity index is 1390. The van der Waals surface area contributed by atoms with E-state index in [2.05, 4.69) is 41.2 Å². The van der Waals surface area contributed by atoms with Crippen molar-refractivity contribution in [2.45, 2.75) is 38.0 Å². The molecular formula is C27H31ClN2O5S2. The number of carbonyl (C=O) groups is 1. The van der Waals surface area contributed by atoms with Crippen molar-refractivity contribution in [1.82, 2.24) is 4.90 Å². The summed E-state index contributed by atoms with van der Waals surface area (Å²) in [5.41, 5.74) is 2.00. The van der Waals surface area contributed by atoms with Gasteiger partial charge in [0.15, 0.2) is 9.84 Å². The van der Waals surface area contributed by atoms with E-state index < -0.39 is 15.8 Å². The molecule has 0 unspecified atom stereocenters. The molecule has 10 heteroatoms. The molecule has 7 nitrogen and oxygen atoms in total. The Morgan fingerprint density at radius 3 is 2.57 bits per heavy atom. The van der Waals surface area contributed by atoms with Gasteiger partial charge in [0.1, 0.15) is 16.4 Å². The molecule has 1 aliphatic rings. The summed E-state index contributed by atoms with van der Waals surface area (Å²) in [6.45, 7) is 10.1. The maximum Gasteiger partial charge on any atom is 0.337 e. The van der Waals surface area contributed by atoms with Gasteiger partial charge in [-0.3, -0.25) is 4.90 Å². The van der Waals surface area contributed by atoms with Crippen molar-refractivity contribution < 1.29 is 22.7 Å². The highest BCUT2D eigenvalue weighted by Crippen LogP contribution is 2.45. The van der Waals surface area contributed by atoms with Gasteiger partial charge < -0.3 is 14.4 Å². The van der Waals surface area contributed by atoms with Gasteiger partial charge in [0, 0.05) is 42.3 Å². The van der Waals surface area contributed by atoms with Crippen LogP contribution in [0.1, 0.15) is 40.2 Å². The molecule has 37 heavy (non-hydrogen) atoms. The first-order valence-corrected chi connectivity index (χ1v) is 15.0. The van der Waals surface area contributed by atoms with Crippen LogP contribution in [0.5, 0.6) is 11.5 Å². The summed E-state index contributed by atoms with van der Waals surface area (Å²) in [7, 11) is -2.56. The van der Waals surface area contributed by atoms with E-state index in [1.54, 1.807) is 24.3 Å². The summed E-state index contributed by atoms with van der Waals surface area (Å²) in [4.78, 5) is 18.0. The number of anilines is 1. The minimum Gasteiger partial charge on any atom is -0.465 e. The lowest BCUT2D eigenvalue weighted by Crippen LogP contribution is -2.34. The number of aryl methyl sites for hydroxylation is 1. The van der Waals surface area contributed by atoms with E-state index in [1.807, 2.05) is 12.1 Å². The quantitative estimate of drug-likeness (QED) is 0.299. The summed E-state index contributed by atoms with van der Waals surface area (Å²) in [5.74, 6) is -0.391. The number of rotatable bonds is 9. The molecule has 0 saturated carbocycles. The Morgan fingerprint density at radius 1 is 1.14 bits per heavy atom. The number of benzene rings is 2. The average Bonchev–Trinajstić information content (AvgIpc) is 3.34. The third-order valence-electron chi connectivity index (χ3n) is 6.49. The number of thiophene rings is 1. The number of sulfone groups is 1. The number of esters is 1. The fourth-order valence-electron chi connectivity index (χ4n) is 4.47. The van der Waals surface area contributed by atoms with Crippen LogP contribution in [0.25, 0.3) is 0 Å². The van der Waals surface area contributed by atoms with Gasteiger partial charge in [-0.05, 0) is 61.7 Å². The van der Waals surface area contributed by atoms with Crippen LogP contribution in [0.3, 0.4) is 0 Å². The van der Waals surface area contributed by atoms with Gasteiger partial charge in [0.05, 0.1) is 23.4 Å². The number of methoxy groups -OCH3 is 1. The van der Waals surface area contributed by atoms with Crippen molar-refractivity contribution in [2.24, 2.45) is 0 Å². The number of nitrogens with zero attached hydrogens (tertiary/aromatic N) is 2. The Balaban J connectivity index is 1.63. The zero-order chi connectivity index (χ0) is 26.7. The van der Waals surface area contributed by atoms with Crippen LogP contribution in [0.4, 0.5) is 5.69 Å². The highest BCUT2D eigenvalue weighted by molar-refractivity contribution is 7.90. The standard InChI is InChI=1S/C27H31ClN2O5S2/c1-5-29(16-22-8-7-11-36-22)9-10-30(6-2)21-13-20-17-37(32,33)24-14-19(27(31)34-4)12-18(3)25(24)35-26(20)23(28)15-21/h7-8,11-15H,5-6,9-10,16-17H2,1-4H3. The number of ether oxygens (including phenoxy) is 2. The van der Waals surface area contributed by atoms with E-state index in [-0.39, 0.29) is 22.0 Å². The van der Waals surface area contributed by atoms with E-state index in [0.717, 1.165) is 38.4 Å². The van der Waals surface area contributed by atoms with E-state index in [9.17, 15) is 13.2 Å². The smallest absolute Gasteiger partial charge is 0.337 e. The Morgan fingerprint density at radius 2 is 1.92 bits per heavy atom. The summed E-state index contributed by atoms with van der Waals surface area (Å²) in [5, 5.41) is 2.43. The molecule has 0 atom stereocenters. The van der Waals surface area contributed by atoms with E-state index in [0.29, 0.717) is 21.9 Å². The molecular weight excluding hydrogens is 532 g/mol. The van der Waals surface area contributed by atoms with Gasteiger partial charge in [0.2, 0.25) is 0 Å². The lowest BCUT2D eigenvalue weighted by atomic mass is 10.1. The molecule has 0 saturated heterocycles. The maximum atomic E-state index is 13.4. The summed E-state index contributed by atoms with van der Waals surface area (Å²) < 4.78 is 37.8. The number of fused-ring (bicyclic) bond motifs is 2. The molecule has 0 radical (unpaired) electrons. The second kappa shape index (κ2) is 11.4. The van der Waals surface area contributed by atoms with Gasteiger partial charge in [0.25, 0.3) is 0 Å². The average molecular weight is 563 g/mol. The first-order chi connectivity index (χ1) is 17.7. The predicted octanol–water partition coefficient (Wildman–Crippen LogP) is 5.92. The molecule has 198 valence electrons. The highest BCUT2D eigenvalue weighted by Gasteiger charge is 2.31. The monoisotopic (exact) mass is 562 g/mol. The first kappa shape index (κ1) is 27.4. The summed E-state index contributed by atoms with van der Waals surface area (Å²) >= 11 is 8.44. The third kappa shape index (κ3) is 5.95. The lowest BCUT2D eigenvalue weighted by Gasteiger charge is -2.28. The number of hydrogen-bond acceptors (Lipinski definition) is 8. The molecule has 0 aliphatic carbocycles. The van der Waals surface area contributed by atoms with Crippen molar-refractivity contribution in [3.63, 3.8) is 0 Å². The van der Waals surface area contributed by atoms with Gasteiger partial charge in [-0.25, -0.2) is 13.2 Å². The zero-order valence-corrected chi connectivity index (χ0v) is 23.8. The Kier molecular flexibility index (Phi) is 8.48. The second-order valence-corrected chi connectivity index (χ2v) is 12.3. The van der Waals surface area contributed by atoms with Crippen molar-refractivity contribution >= 4 is 44.4 Å². The van der Waals surface area contributed by atoms with E-state index in [4.69, 9.17) is 21.1 Å². The summed E-state index contributed by atoms with van der Waals surface area (Å²) in [6.07, 6.45) is 0. The molecule has 2 heterocycles. The molecule has 0 bridgehead atoms. The lowest BCUT2D eigenvalue weighted by molar-refractivity contribution is 0.0600. The number of carbonyl (C=O) groups excluding carboxylic acids is 1. The highest BCUT2D eigenvalue weighted by atomic mass is 35.5. The van der Waals surface area contributed by atoms with Crippen LogP contribution in [-0.2, 0) is 26.9 Å². The Hall–Kier alpha value is -2.59. The molecule has 0 amide bonds. The van der Waals surface area contributed by atoms with Gasteiger partial charge >= 0.3 is 5.97 Å². The minimum atomic E-state index is -3.82. The van der Waals surface area contributed by atoms with Crippen molar-refractivity contribution in [3.05, 3.63) is 68.4 Å². The van der Waals surface area contributed by atoms with Crippen molar-refractivity contribution in [2.75, 3.05) is 38.2 Å². The Labute approximate surface area is 227 Å². The van der Waals surface area contributed by atoms with Crippen molar-refractivity contribution in [1.29, 1.82) is 0 Å². The molecule has 0 N–H and O–H groups in total. The molecule has 0 spiro atoms.